The maximum atomic E-state index is 13.9. The largest absolute Gasteiger partial charge is 0.494 e. The minimum Gasteiger partial charge on any atom is -0.494 e. The van der Waals surface area contributed by atoms with Gasteiger partial charge in [-0.25, -0.2) is 18.7 Å². The zero-order valence-corrected chi connectivity index (χ0v) is 17.6. The number of amides is 1. The first-order valence-corrected chi connectivity index (χ1v) is 10.2. The van der Waals surface area contributed by atoms with Crippen LogP contribution in [0.2, 0.25) is 0 Å². The molecule has 1 aliphatic heterocycles. The number of ether oxygens (including phenoxy) is 1. The Morgan fingerprint density at radius 3 is 2.42 bits per heavy atom. The van der Waals surface area contributed by atoms with E-state index in [9.17, 15) is 13.6 Å². The summed E-state index contributed by atoms with van der Waals surface area (Å²) in [6, 6.07) is 10.4. The van der Waals surface area contributed by atoms with E-state index in [2.05, 4.69) is 4.98 Å². The molecule has 0 unspecified atom stereocenters. The molecule has 0 aliphatic carbocycles. The predicted molar refractivity (Wildman–Crippen MR) is 120 cm³/mol. The van der Waals surface area contributed by atoms with Crippen LogP contribution in [0.3, 0.4) is 0 Å². The van der Waals surface area contributed by atoms with Crippen molar-refractivity contribution in [2.75, 3.05) is 25.1 Å². The number of halogens is 2. The molecule has 2 aromatic carbocycles. The van der Waals surface area contributed by atoms with Crippen LogP contribution in [0.25, 0.3) is 33.4 Å². The number of anilines is 1. The summed E-state index contributed by atoms with van der Waals surface area (Å²) >= 11 is 0. The highest BCUT2D eigenvalue weighted by atomic mass is 19.1. The van der Waals surface area contributed by atoms with Crippen LogP contribution in [0, 0.1) is 17.6 Å². The SMILES string of the molecule is COc1cc(-c2cc(F)cc(F)c2)cc2c(N3CC(C(N)=O)C3)nc(-c3cccnc3)nc12. The maximum Gasteiger partial charge on any atom is 0.224 e. The first kappa shape index (κ1) is 20.7. The van der Waals surface area contributed by atoms with Gasteiger partial charge in [-0.3, -0.25) is 9.78 Å². The molecule has 0 atom stereocenters. The molecule has 0 bridgehead atoms. The molecule has 33 heavy (non-hydrogen) atoms. The molecule has 3 heterocycles. The number of aromatic nitrogens is 3. The van der Waals surface area contributed by atoms with Crippen LogP contribution in [-0.2, 0) is 4.79 Å². The molecule has 5 rings (SSSR count). The Labute approximate surface area is 187 Å². The normalized spacial score (nSPS) is 13.7. The lowest BCUT2D eigenvalue weighted by atomic mass is 9.97. The molecule has 4 aromatic rings. The van der Waals surface area contributed by atoms with Gasteiger partial charge in [-0.05, 0) is 47.5 Å². The summed E-state index contributed by atoms with van der Waals surface area (Å²) in [5.74, 6) is -0.568. The van der Waals surface area contributed by atoms with Gasteiger partial charge >= 0.3 is 0 Å². The van der Waals surface area contributed by atoms with E-state index in [1.807, 2.05) is 11.0 Å². The molecule has 1 amide bonds. The number of fused-ring (bicyclic) bond motifs is 1. The second-order valence-corrected chi connectivity index (χ2v) is 7.85. The van der Waals surface area contributed by atoms with Crippen LogP contribution in [0.5, 0.6) is 5.75 Å². The number of carbonyl (C=O) groups excluding carboxylic acids is 1. The molecule has 166 valence electrons. The van der Waals surface area contributed by atoms with Crippen molar-refractivity contribution < 1.29 is 18.3 Å². The Morgan fingerprint density at radius 1 is 1.06 bits per heavy atom. The molecule has 1 aliphatic rings. The number of nitrogens with zero attached hydrogens (tertiary/aromatic N) is 4. The van der Waals surface area contributed by atoms with Gasteiger partial charge < -0.3 is 15.4 Å². The monoisotopic (exact) mass is 447 g/mol. The molecule has 1 fully saturated rings. The van der Waals surface area contributed by atoms with E-state index in [0.29, 0.717) is 58.1 Å². The molecule has 2 aromatic heterocycles. The standard InChI is InChI=1S/C24H19F2N5O2/c1-33-20-8-15(14-5-17(25)9-18(26)6-14)7-19-21(20)29-23(13-3-2-4-28-10-13)30-24(19)31-11-16(12-31)22(27)32/h2-10,16H,11-12H2,1H3,(H2,27,32). The van der Waals surface area contributed by atoms with Crippen molar-refractivity contribution >= 4 is 22.6 Å². The fraction of sp³-hybridized carbons (Fsp3) is 0.167. The summed E-state index contributed by atoms with van der Waals surface area (Å²) in [7, 11) is 1.50. The summed E-state index contributed by atoms with van der Waals surface area (Å²) in [6.45, 7) is 0.824. The highest BCUT2D eigenvalue weighted by molar-refractivity contribution is 5.99. The van der Waals surface area contributed by atoms with Crippen LogP contribution < -0.4 is 15.4 Å². The van der Waals surface area contributed by atoms with Crippen molar-refractivity contribution in [2.45, 2.75) is 0 Å². The highest BCUT2D eigenvalue weighted by Gasteiger charge is 2.33. The molecule has 0 radical (unpaired) electrons. The van der Waals surface area contributed by atoms with Crippen molar-refractivity contribution in [3.05, 3.63) is 66.5 Å². The Bertz CT molecular complexity index is 1350. The van der Waals surface area contributed by atoms with Crippen LogP contribution in [0.4, 0.5) is 14.6 Å². The zero-order valence-electron chi connectivity index (χ0n) is 17.6. The number of rotatable bonds is 5. The van der Waals surface area contributed by atoms with Crippen molar-refractivity contribution in [2.24, 2.45) is 11.7 Å². The molecule has 0 spiro atoms. The number of hydrogen-bond donors (Lipinski definition) is 1. The molecule has 1 saturated heterocycles. The average molecular weight is 447 g/mol. The van der Waals surface area contributed by atoms with Gasteiger partial charge in [-0.15, -0.1) is 0 Å². The smallest absolute Gasteiger partial charge is 0.224 e. The van der Waals surface area contributed by atoms with Crippen LogP contribution in [-0.4, -0.2) is 41.1 Å². The van der Waals surface area contributed by atoms with Crippen molar-refractivity contribution in [1.82, 2.24) is 15.0 Å². The van der Waals surface area contributed by atoms with E-state index in [0.717, 1.165) is 6.07 Å². The van der Waals surface area contributed by atoms with E-state index >= 15 is 0 Å². The number of methoxy groups -OCH3 is 1. The Balaban J connectivity index is 1.73. The van der Waals surface area contributed by atoms with Gasteiger partial charge in [0.2, 0.25) is 5.91 Å². The molecule has 2 N–H and O–H groups in total. The Kier molecular flexibility index (Phi) is 5.08. The van der Waals surface area contributed by atoms with Crippen molar-refractivity contribution in [3.63, 3.8) is 0 Å². The van der Waals surface area contributed by atoms with Gasteiger partial charge in [0.25, 0.3) is 0 Å². The topological polar surface area (TPSA) is 94.2 Å². The van der Waals surface area contributed by atoms with Crippen molar-refractivity contribution in [3.8, 4) is 28.3 Å². The summed E-state index contributed by atoms with van der Waals surface area (Å²) < 4.78 is 33.4. The number of nitrogens with two attached hydrogens (primary N) is 1. The van der Waals surface area contributed by atoms with E-state index in [4.69, 9.17) is 20.4 Å². The average Bonchev–Trinajstić information content (AvgIpc) is 2.77. The van der Waals surface area contributed by atoms with E-state index in [-0.39, 0.29) is 11.8 Å². The predicted octanol–water partition coefficient (Wildman–Crippen LogP) is 3.57. The quantitative estimate of drug-likeness (QED) is 0.503. The molecular weight excluding hydrogens is 428 g/mol. The lowest BCUT2D eigenvalue weighted by molar-refractivity contribution is -0.122. The number of carbonyl (C=O) groups is 1. The molecule has 0 saturated carbocycles. The lowest BCUT2D eigenvalue weighted by Gasteiger charge is -2.39. The summed E-state index contributed by atoms with van der Waals surface area (Å²) in [6.07, 6.45) is 3.31. The lowest BCUT2D eigenvalue weighted by Crippen LogP contribution is -2.53. The number of primary amides is 1. The Morgan fingerprint density at radius 2 is 1.79 bits per heavy atom. The van der Waals surface area contributed by atoms with E-state index in [1.54, 1.807) is 30.6 Å². The van der Waals surface area contributed by atoms with Gasteiger partial charge in [-0.2, -0.15) is 0 Å². The second kappa shape index (κ2) is 8.09. The van der Waals surface area contributed by atoms with E-state index < -0.39 is 11.6 Å². The second-order valence-electron chi connectivity index (χ2n) is 7.85. The third-order valence-electron chi connectivity index (χ3n) is 5.66. The van der Waals surface area contributed by atoms with Crippen molar-refractivity contribution in [1.29, 1.82) is 0 Å². The third kappa shape index (κ3) is 3.82. The van der Waals surface area contributed by atoms with Gasteiger partial charge in [-0.1, -0.05) is 0 Å². The molecule has 7 nitrogen and oxygen atoms in total. The Hall–Kier alpha value is -4.14. The molecule has 9 heteroatoms. The van der Waals surface area contributed by atoms with Gasteiger partial charge in [0.15, 0.2) is 5.82 Å². The zero-order chi connectivity index (χ0) is 23.1. The van der Waals surface area contributed by atoms with Gasteiger partial charge in [0.05, 0.1) is 13.0 Å². The summed E-state index contributed by atoms with van der Waals surface area (Å²) in [5, 5.41) is 0.629. The minimum absolute atomic E-state index is 0.278. The fourth-order valence-corrected chi connectivity index (χ4v) is 3.92. The van der Waals surface area contributed by atoms with Gasteiger partial charge in [0, 0.05) is 42.5 Å². The summed E-state index contributed by atoms with van der Waals surface area (Å²) in [4.78, 5) is 27.1. The number of hydrogen-bond acceptors (Lipinski definition) is 6. The fourth-order valence-electron chi connectivity index (χ4n) is 3.92. The van der Waals surface area contributed by atoms with Crippen LogP contribution >= 0.6 is 0 Å². The maximum absolute atomic E-state index is 13.9. The minimum atomic E-state index is -0.681. The summed E-state index contributed by atoms with van der Waals surface area (Å²) in [5.41, 5.74) is 7.59. The highest BCUT2D eigenvalue weighted by Crippen LogP contribution is 2.39. The molecular formula is C24H19F2N5O2. The van der Waals surface area contributed by atoms with Gasteiger partial charge in [0.1, 0.15) is 28.7 Å². The van der Waals surface area contributed by atoms with Crippen LogP contribution in [0.15, 0.2) is 54.9 Å². The number of pyridine rings is 1. The number of benzene rings is 2. The first-order valence-electron chi connectivity index (χ1n) is 10.2. The first-order chi connectivity index (χ1) is 15.9. The third-order valence-corrected chi connectivity index (χ3v) is 5.66. The van der Waals surface area contributed by atoms with Crippen LogP contribution in [0.1, 0.15) is 0 Å². The van der Waals surface area contributed by atoms with E-state index in [1.165, 1.54) is 19.2 Å².